The van der Waals surface area contributed by atoms with Crippen LogP contribution < -0.4 is 0 Å². The zero-order valence-electron chi connectivity index (χ0n) is 8.95. The minimum Gasteiger partial charge on any atom is -0.301 e. The molecular formula is C12H12ClFN2. The first-order valence-corrected chi connectivity index (χ1v) is 5.66. The summed E-state index contributed by atoms with van der Waals surface area (Å²) in [5, 5.41) is 0. The second-order valence-corrected chi connectivity index (χ2v) is 3.75. The molecule has 2 nitrogen and oxygen atoms in total. The van der Waals surface area contributed by atoms with Crippen LogP contribution >= 0.6 is 11.6 Å². The summed E-state index contributed by atoms with van der Waals surface area (Å²) in [4.78, 5) is 4.16. The lowest BCUT2D eigenvalue weighted by molar-refractivity contribution is 0.614. The predicted octanol–water partition coefficient (Wildman–Crippen LogP) is 3.31. The van der Waals surface area contributed by atoms with Crippen molar-refractivity contribution < 1.29 is 4.39 Å². The molecular weight excluding hydrogens is 227 g/mol. The van der Waals surface area contributed by atoms with Crippen LogP contribution in [-0.2, 0) is 12.3 Å². The molecule has 2 aromatic rings. The monoisotopic (exact) mass is 238 g/mol. The van der Waals surface area contributed by atoms with Gasteiger partial charge in [0, 0.05) is 24.7 Å². The second-order valence-electron chi connectivity index (χ2n) is 3.49. The van der Waals surface area contributed by atoms with E-state index in [0.717, 1.165) is 17.8 Å². The second kappa shape index (κ2) is 4.66. The fraction of sp³-hybridized carbons (Fsp3) is 0.250. The number of benzene rings is 1. The molecule has 1 aromatic heterocycles. The zero-order valence-corrected chi connectivity index (χ0v) is 9.71. The third-order valence-corrected chi connectivity index (χ3v) is 2.77. The standard InChI is InChI=1S/C12H12ClFN2/c1-2-12-15-5-6-16(12)11-4-3-9(8-13)7-10(11)14/h3-7H,2,8H2,1H3. The molecule has 0 aliphatic carbocycles. The molecule has 1 aromatic carbocycles. The van der Waals surface area contributed by atoms with E-state index >= 15 is 0 Å². The normalized spacial score (nSPS) is 10.7. The molecule has 1 heterocycles. The van der Waals surface area contributed by atoms with Crippen LogP contribution in [0.5, 0.6) is 0 Å². The first-order chi connectivity index (χ1) is 7.76. The number of aryl methyl sites for hydroxylation is 1. The molecule has 0 bridgehead atoms. The number of imidazole rings is 1. The maximum Gasteiger partial charge on any atom is 0.147 e. The summed E-state index contributed by atoms with van der Waals surface area (Å²) in [6.07, 6.45) is 4.20. The molecule has 0 fully saturated rings. The lowest BCUT2D eigenvalue weighted by atomic mass is 10.2. The van der Waals surface area contributed by atoms with Crippen molar-refractivity contribution in [1.82, 2.24) is 9.55 Å². The number of halogens is 2. The van der Waals surface area contributed by atoms with Gasteiger partial charge in [0.2, 0.25) is 0 Å². The summed E-state index contributed by atoms with van der Waals surface area (Å²) in [5.74, 6) is 0.894. The minimum atomic E-state index is -0.272. The maximum atomic E-state index is 13.8. The number of rotatable bonds is 3. The average Bonchev–Trinajstić information content (AvgIpc) is 2.76. The van der Waals surface area contributed by atoms with E-state index in [9.17, 15) is 4.39 Å². The molecule has 84 valence electrons. The lowest BCUT2D eigenvalue weighted by Gasteiger charge is -2.08. The molecule has 0 N–H and O–H groups in total. The molecule has 16 heavy (non-hydrogen) atoms. The molecule has 0 radical (unpaired) electrons. The van der Waals surface area contributed by atoms with Crippen molar-refractivity contribution in [1.29, 1.82) is 0 Å². The van der Waals surface area contributed by atoms with Crippen LogP contribution in [0.25, 0.3) is 5.69 Å². The van der Waals surface area contributed by atoms with E-state index in [1.165, 1.54) is 6.07 Å². The average molecular weight is 239 g/mol. The van der Waals surface area contributed by atoms with Crippen molar-refractivity contribution in [2.75, 3.05) is 0 Å². The topological polar surface area (TPSA) is 17.8 Å². The zero-order chi connectivity index (χ0) is 11.5. The highest BCUT2D eigenvalue weighted by Gasteiger charge is 2.08. The Morgan fingerprint density at radius 2 is 2.25 bits per heavy atom. The van der Waals surface area contributed by atoms with Gasteiger partial charge in [0.05, 0.1) is 5.69 Å². The summed E-state index contributed by atoms with van der Waals surface area (Å²) in [5.41, 5.74) is 1.30. The maximum absolute atomic E-state index is 13.8. The number of hydrogen-bond donors (Lipinski definition) is 0. The highest BCUT2D eigenvalue weighted by atomic mass is 35.5. The molecule has 0 unspecified atom stereocenters. The fourth-order valence-electron chi connectivity index (χ4n) is 1.64. The van der Waals surface area contributed by atoms with Crippen LogP contribution in [0, 0.1) is 5.82 Å². The fourth-order valence-corrected chi connectivity index (χ4v) is 1.81. The highest BCUT2D eigenvalue weighted by Crippen LogP contribution is 2.18. The summed E-state index contributed by atoms with van der Waals surface area (Å²) in [7, 11) is 0. The summed E-state index contributed by atoms with van der Waals surface area (Å²) < 4.78 is 15.6. The van der Waals surface area contributed by atoms with Crippen LogP contribution in [0.1, 0.15) is 18.3 Å². The summed E-state index contributed by atoms with van der Waals surface area (Å²) >= 11 is 5.65. The van der Waals surface area contributed by atoms with Gasteiger partial charge in [-0.05, 0) is 17.7 Å². The molecule has 0 saturated heterocycles. The molecule has 2 rings (SSSR count). The highest BCUT2D eigenvalue weighted by molar-refractivity contribution is 6.17. The minimum absolute atomic E-state index is 0.272. The molecule has 0 aliphatic heterocycles. The van der Waals surface area contributed by atoms with Crippen molar-refractivity contribution in [3.63, 3.8) is 0 Å². The van der Waals surface area contributed by atoms with Gasteiger partial charge in [-0.1, -0.05) is 13.0 Å². The Bertz CT molecular complexity index is 494. The Labute approximate surface area is 98.7 Å². The van der Waals surface area contributed by atoms with E-state index < -0.39 is 0 Å². The Kier molecular flexibility index (Phi) is 3.25. The Hall–Kier alpha value is -1.35. The third kappa shape index (κ3) is 1.95. The smallest absolute Gasteiger partial charge is 0.147 e. The van der Waals surface area contributed by atoms with E-state index in [4.69, 9.17) is 11.6 Å². The molecule has 4 heteroatoms. The van der Waals surface area contributed by atoms with E-state index in [-0.39, 0.29) is 5.82 Å². The van der Waals surface area contributed by atoms with E-state index in [2.05, 4.69) is 4.98 Å². The van der Waals surface area contributed by atoms with Gasteiger partial charge in [-0.2, -0.15) is 0 Å². The van der Waals surface area contributed by atoms with Crippen molar-refractivity contribution >= 4 is 11.6 Å². The largest absolute Gasteiger partial charge is 0.301 e. The SMILES string of the molecule is CCc1nccn1-c1ccc(CCl)cc1F. The Balaban J connectivity index is 2.48. The Morgan fingerprint density at radius 3 is 2.88 bits per heavy atom. The van der Waals surface area contributed by atoms with Gasteiger partial charge in [-0.3, -0.25) is 0 Å². The van der Waals surface area contributed by atoms with Gasteiger partial charge in [-0.15, -0.1) is 11.6 Å². The van der Waals surface area contributed by atoms with E-state index in [1.54, 1.807) is 23.0 Å². The summed E-state index contributed by atoms with van der Waals surface area (Å²) in [6.45, 7) is 1.99. The third-order valence-electron chi connectivity index (χ3n) is 2.46. The van der Waals surface area contributed by atoms with Crippen molar-refractivity contribution in [3.8, 4) is 5.69 Å². The number of hydrogen-bond acceptors (Lipinski definition) is 1. The van der Waals surface area contributed by atoms with Gasteiger partial charge in [0.25, 0.3) is 0 Å². The first kappa shape index (κ1) is 11.1. The Morgan fingerprint density at radius 1 is 1.44 bits per heavy atom. The summed E-state index contributed by atoms with van der Waals surface area (Å²) in [6, 6.07) is 5.01. The van der Waals surface area contributed by atoms with Crippen molar-refractivity contribution in [3.05, 3.63) is 47.8 Å². The number of alkyl halides is 1. The van der Waals surface area contributed by atoms with Crippen LogP contribution in [0.3, 0.4) is 0 Å². The van der Waals surface area contributed by atoms with Crippen LogP contribution in [-0.4, -0.2) is 9.55 Å². The first-order valence-electron chi connectivity index (χ1n) is 5.13. The lowest BCUT2D eigenvalue weighted by Crippen LogP contribution is -2.02. The van der Waals surface area contributed by atoms with E-state index in [1.807, 2.05) is 13.0 Å². The van der Waals surface area contributed by atoms with Crippen molar-refractivity contribution in [2.24, 2.45) is 0 Å². The molecule has 0 spiro atoms. The van der Waals surface area contributed by atoms with E-state index in [0.29, 0.717) is 11.6 Å². The molecule has 0 atom stereocenters. The molecule has 0 amide bonds. The van der Waals surface area contributed by atoms with Gasteiger partial charge >= 0.3 is 0 Å². The predicted molar refractivity (Wildman–Crippen MR) is 62.5 cm³/mol. The van der Waals surface area contributed by atoms with Crippen molar-refractivity contribution in [2.45, 2.75) is 19.2 Å². The number of aromatic nitrogens is 2. The van der Waals surface area contributed by atoms with Crippen LogP contribution in [0.15, 0.2) is 30.6 Å². The van der Waals surface area contributed by atoms with Gasteiger partial charge < -0.3 is 4.57 Å². The molecule has 0 aliphatic rings. The van der Waals surface area contributed by atoms with Crippen LogP contribution in [0.2, 0.25) is 0 Å². The van der Waals surface area contributed by atoms with Gasteiger partial charge in [0.1, 0.15) is 11.6 Å². The van der Waals surface area contributed by atoms with Gasteiger partial charge in [-0.25, -0.2) is 9.37 Å². The molecule has 0 saturated carbocycles. The van der Waals surface area contributed by atoms with Gasteiger partial charge in [0.15, 0.2) is 0 Å². The quantitative estimate of drug-likeness (QED) is 0.751. The van der Waals surface area contributed by atoms with Crippen LogP contribution in [0.4, 0.5) is 4.39 Å². The number of nitrogens with zero attached hydrogens (tertiary/aromatic N) is 2.